The maximum atomic E-state index is 12.5. The number of benzene rings is 1. The summed E-state index contributed by atoms with van der Waals surface area (Å²) < 4.78 is 26.4. The van der Waals surface area contributed by atoms with Gasteiger partial charge in [-0.2, -0.15) is 4.31 Å². The SMILES string of the molecule is CC1(C)CCN(S(=O)(=O)c2ccc(N)cc2[N+](=O)[O-])C1. The van der Waals surface area contributed by atoms with Crippen LogP contribution in [-0.2, 0) is 10.0 Å². The number of hydrogen-bond acceptors (Lipinski definition) is 5. The molecule has 0 amide bonds. The van der Waals surface area contributed by atoms with E-state index in [-0.39, 0.29) is 16.0 Å². The van der Waals surface area contributed by atoms with Crippen molar-refractivity contribution in [3.8, 4) is 0 Å². The van der Waals surface area contributed by atoms with Crippen molar-refractivity contribution in [2.24, 2.45) is 5.41 Å². The number of nitrogens with two attached hydrogens (primary N) is 1. The third-order valence-corrected chi connectivity index (χ3v) is 5.33. The summed E-state index contributed by atoms with van der Waals surface area (Å²) in [6.07, 6.45) is 0.731. The van der Waals surface area contributed by atoms with E-state index in [9.17, 15) is 18.5 Å². The van der Waals surface area contributed by atoms with E-state index in [1.54, 1.807) is 0 Å². The van der Waals surface area contributed by atoms with E-state index in [0.717, 1.165) is 12.5 Å². The van der Waals surface area contributed by atoms with Crippen molar-refractivity contribution in [2.75, 3.05) is 18.8 Å². The fourth-order valence-corrected chi connectivity index (χ4v) is 4.07. The van der Waals surface area contributed by atoms with E-state index in [2.05, 4.69) is 0 Å². The monoisotopic (exact) mass is 299 g/mol. The molecule has 1 saturated heterocycles. The summed E-state index contributed by atoms with van der Waals surface area (Å²) in [4.78, 5) is 10.0. The number of anilines is 1. The van der Waals surface area contributed by atoms with Crippen LogP contribution in [0.15, 0.2) is 23.1 Å². The van der Waals surface area contributed by atoms with Crippen LogP contribution in [0, 0.1) is 15.5 Å². The van der Waals surface area contributed by atoms with Crippen LogP contribution in [0.3, 0.4) is 0 Å². The second-order valence-electron chi connectivity index (χ2n) is 5.74. The summed E-state index contributed by atoms with van der Waals surface area (Å²) in [5.74, 6) is 0. The Labute approximate surface area is 117 Å². The first-order chi connectivity index (χ1) is 9.13. The molecule has 1 aromatic carbocycles. The number of nitro benzene ring substituents is 1. The van der Waals surface area contributed by atoms with Gasteiger partial charge in [0.2, 0.25) is 10.0 Å². The Kier molecular flexibility index (Phi) is 3.47. The van der Waals surface area contributed by atoms with E-state index in [4.69, 9.17) is 5.73 Å². The highest BCUT2D eigenvalue weighted by molar-refractivity contribution is 7.89. The number of nitro groups is 1. The van der Waals surface area contributed by atoms with E-state index in [1.807, 2.05) is 13.8 Å². The van der Waals surface area contributed by atoms with Crippen molar-refractivity contribution >= 4 is 21.4 Å². The molecule has 0 unspecified atom stereocenters. The molecule has 0 spiro atoms. The van der Waals surface area contributed by atoms with Crippen LogP contribution in [-0.4, -0.2) is 30.7 Å². The topological polar surface area (TPSA) is 107 Å². The molecule has 0 radical (unpaired) electrons. The Morgan fingerprint density at radius 1 is 1.40 bits per heavy atom. The van der Waals surface area contributed by atoms with Crippen LogP contribution in [0.2, 0.25) is 0 Å². The Hall–Kier alpha value is -1.67. The lowest BCUT2D eigenvalue weighted by atomic mass is 9.93. The van der Waals surface area contributed by atoms with Gasteiger partial charge >= 0.3 is 0 Å². The average molecular weight is 299 g/mol. The van der Waals surface area contributed by atoms with Gasteiger partial charge in [-0.05, 0) is 24.0 Å². The van der Waals surface area contributed by atoms with Crippen molar-refractivity contribution in [1.29, 1.82) is 0 Å². The molecule has 7 nitrogen and oxygen atoms in total. The minimum Gasteiger partial charge on any atom is -0.399 e. The van der Waals surface area contributed by atoms with Crippen LogP contribution in [0.5, 0.6) is 0 Å². The number of hydrogen-bond donors (Lipinski definition) is 1. The maximum Gasteiger partial charge on any atom is 0.291 e. The van der Waals surface area contributed by atoms with Gasteiger partial charge in [0.15, 0.2) is 4.90 Å². The molecule has 0 aliphatic carbocycles. The minimum absolute atomic E-state index is 0.115. The summed E-state index contributed by atoms with van der Waals surface area (Å²) in [5.41, 5.74) is 5.06. The van der Waals surface area contributed by atoms with Crippen LogP contribution in [0.4, 0.5) is 11.4 Å². The van der Waals surface area contributed by atoms with Crippen molar-refractivity contribution in [3.05, 3.63) is 28.3 Å². The highest BCUT2D eigenvalue weighted by Gasteiger charge is 2.39. The fraction of sp³-hybridized carbons (Fsp3) is 0.500. The smallest absolute Gasteiger partial charge is 0.291 e. The molecular formula is C12H17N3O4S. The van der Waals surface area contributed by atoms with Gasteiger partial charge in [-0.15, -0.1) is 0 Å². The standard InChI is InChI=1S/C12H17N3O4S/c1-12(2)5-6-14(8-12)20(18,19)11-4-3-9(13)7-10(11)15(16)17/h3-4,7H,5-6,8,13H2,1-2H3. The Balaban J connectivity index is 2.48. The molecular weight excluding hydrogens is 282 g/mol. The molecule has 2 rings (SSSR count). The summed E-state index contributed by atoms with van der Waals surface area (Å²) in [6, 6.07) is 3.64. The van der Waals surface area contributed by atoms with Crippen molar-refractivity contribution in [1.82, 2.24) is 4.31 Å². The minimum atomic E-state index is -3.87. The first-order valence-electron chi connectivity index (χ1n) is 6.18. The maximum absolute atomic E-state index is 12.5. The predicted octanol–water partition coefficient (Wildman–Crippen LogP) is 1.60. The Bertz CT molecular complexity index is 655. The predicted molar refractivity (Wildman–Crippen MR) is 74.7 cm³/mol. The molecule has 0 aromatic heterocycles. The lowest BCUT2D eigenvalue weighted by molar-refractivity contribution is -0.387. The summed E-state index contributed by atoms with van der Waals surface area (Å²) in [6.45, 7) is 4.67. The second-order valence-corrected chi connectivity index (χ2v) is 7.64. The van der Waals surface area contributed by atoms with Crippen molar-refractivity contribution < 1.29 is 13.3 Å². The quantitative estimate of drug-likeness (QED) is 0.518. The zero-order chi connectivity index (χ0) is 15.1. The highest BCUT2D eigenvalue weighted by atomic mass is 32.2. The van der Waals surface area contributed by atoms with E-state index in [0.29, 0.717) is 13.1 Å². The van der Waals surface area contributed by atoms with Gasteiger partial charge in [-0.1, -0.05) is 13.8 Å². The van der Waals surface area contributed by atoms with E-state index < -0.39 is 20.6 Å². The Morgan fingerprint density at radius 2 is 2.05 bits per heavy atom. The molecule has 8 heteroatoms. The molecule has 1 heterocycles. The highest BCUT2D eigenvalue weighted by Crippen LogP contribution is 2.35. The molecule has 1 aromatic rings. The molecule has 0 bridgehead atoms. The largest absolute Gasteiger partial charge is 0.399 e. The van der Waals surface area contributed by atoms with Gasteiger partial charge in [0, 0.05) is 24.8 Å². The molecule has 110 valence electrons. The van der Waals surface area contributed by atoms with Gasteiger partial charge in [0.1, 0.15) is 0 Å². The Morgan fingerprint density at radius 3 is 2.55 bits per heavy atom. The second kappa shape index (κ2) is 4.71. The molecule has 1 aliphatic rings. The number of nitrogen functional groups attached to an aromatic ring is 1. The van der Waals surface area contributed by atoms with Crippen LogP contribution in [0.1, 0.15) is 20.3 Å². The van der Waals surface area contributed by atoms with E-state index >= 15 is 0 Å². The molecule has 0 saturated carbocycles. The molecule has 20 heavy (non-hydrogen) atoms. The van der Waals surface area contributed by atoms with Crippen LogP contribution in [0.25, 0.3) is 0 Å². The normalized spacial score (nSPS) is 19.1. The number of rotatable bonds is 3. The first-order valence-corrected chi connectivity index (χ1v) is 7.62. The molecule has 0 atom stereocenters. The van der Waals surface area contributed by atoms with Gasteiger partial charge in [0.25, 0.3) is 5.69 Å². The third kappa shape index (κ3) is 2.61. The molecule has 2 N–H and O–H groups in total. The summed E-state index contributed by atoms with van der Waals surface area (Å²) in [5, 5.41) is 11.0. The molecule has 1 fully saturated rings. The van der Waals surface area contributed by atoms with Gasteiger partial charge in [0.05, 0.1) is 4.92 Å². The lowest BCUT2D eigenvalue weighted by Gasteiger charge is -2.19. The first kappa shape index (κ1) is 14.7. The van der Waals surface area contributed by atoms with Gasteiger partial charge < -0.3 is 5.73 Å². The zero-order valence-electron chi connectivity index (χ0n) is 11.4. The number of sulfonamides is 1. The van der Waals surface area contributed by atoms with Crippen molar-refractivity contribution in [2.45, 2.75) is 25.2 Å². The zero-order valence-corrected chi connectivity index (χ0v) is 12.2. The lowest BCUT2D eigenvalue weighted by Crippen LogP contribution is -2.30. The molecule has 1 aliphatic heterocycles. The van der Waals surface area contributed by atoms with Crippen LogP contribution >= 0.6 is 0 Å². The van der Waals surface area contributed by atoms with Gasteiger partial charge in [-0.3, -0.25) is 10.1 Å². The van der Waals surface area contributed by atoms with Gasteiger partial charge in [-0.25, -0.2) is 8.42 Å². The van der Waals surface area contributed by atoms with E-state index in [1.165, 1.54) is 16.4 Å². The summed E-state index contributed by atoms with van der Waals surface area (Å²) >= 11 is 0. The third-order valence-electron chi connectivity index (χ3n) is 3.44. The fourth-order valence-electron chi connectivity index (χ4n) is 2.30. The number of nitrogens with zero attached hydrogens (tertiary/aromatic N) is 2. The van der Waals surface area contributed by atoms with Crippen LogP contribution < -0.4 is 5.73 Å². The average Bonchev–Trinajstić information content (AvgIpc) is 2.70. The van der Waals surface area contributed by atoms with Crippen molar-refractivity contribution in [3.63, 3.8) is 0 Å². The summed E-state index contributed by atoms with van der Waals surface area (Å²) in [7, 11) is -3.87.